The Morgan fingerprint density at radius 3 is 2.94 bits per heavy atom. The number of hydrogen-bond donors (Lipinski definition) is 2. The van der Waals surface area contributed by atoms with E-state index >= 15 is 0 Å². The summed E-state index contributed by atoms with van der Waals surface area (Å²) in [5.41, 5.74) is 1.47. The van der Waals surface area contributed by atoms with E-state index in [1.54, 1.807) is 17.8 Å². The van der Waals surface area contributed by atoms with E-state index in [0.717, 1.165) is 5.69 Å². The zero-order valence-electron chi connectivity index (χ0n) is 9.81. The van der Waals surface area contributed by atoms with Gasteiger partial charge < -0.3 is 0 Å². The standard InChI is InChI=1S/C10H11ClN6O/c1-6-7(9(11)17(2)16-6)3-4-8(18)14-10-12-5-13-15-10/h3-5H,1-2H3,(H2,12,13,14,15,18). The molecule has 0 radical (unpaired) electrons. The van der Waals surface area contributed by atoms with Gasteiger partial charge in [0.25, 0.3) is 5.91 Å². The topological polar surface area (TPSA) is 88.5 Å². The molecule has 2 N–H and O–H groups in total. The number of aromatic nitrogens is 5. The predicted octanol–water partition coefficient (Wildman–Crippen LogP) is 1.15. The summed E-state index contributed by atoms with van der Waals surface area (Å²) in [6, 6.07) is 0. The highest BCUT2D eigenvalue weighted by atomic mass is 35.5. The van der Waals surface area contributed by atoms with Crippen molar-refractivity contribution in [3.8, 4) is 0 Å². The molecule has 0 aliphatic heterocycles. The summed E-state index contributed by atoms with van der Waals surface area (Å²) < 4.78 is 1.55. The third-order valence-corrected chi connectivity index (χ3v) is 2.70. The summed E-state index contributed by atoms with van der Waals surface area (Å²) in [6.45, 7) is 1.82. The van der Waals surface area contributed by atoms with Gasteiger partial charge in [-0.15, -0.1) is 0 Å². The van der Waals surface area contributed by atoms with Crippen LogP contribution in [0.15, 0.2) is 12.4 Å². The van der Waals surface area contributed by atoms with E-state index in [1.807, 2.05) is 6.92 Å². The lowest BCUT2D eigenvalue weighted by Crippen LogP contribution is -2.09. The monoisotopic (exact) mass is 266 g/mol. The Morgan fingerprint density at radius 2 is 2.39 bits per heavy atom. The molecule has 0 saturated heterocycles. The minimum Gasteiger partial charge on any atom is -0.291 e. The minimum atomic E-state index is -0.328. The highest BCUT2D eigenvalue weighted by Crippen LogP contribution is 2.19. The van der Waals surface area contributed by atoms with Gasteiger partial charge in [-0.25, -0.2) is 5.10 Å². The zero-order valence-corrected chi connectivity index (χ0v) is 10.6. The van der Waals surface area contributed by atoms with E-state index in [0.29, 0.717) is 16.7 Å². The Hall–Kier alpha value is -2.15. The number of hydrogen-bond acceptors (Lipinski definition) is 4. The Balaban J connectivity index is 2.09. The number of nitrogens with zero attached hydrogens (tertiary/aromatic N) is 4. The largest absolute Gasteiger partial charge is 0.291 e. The van der Waals surface area contributed by atoms with E-state index in [-0.39, 0.29) is 5.91 Å². The van der Waals surface area contributed by atoms with Crippen LogP contribution in [0.3, 0.4) is 0 Å². The number of carbonyl (C=O) groups excluding carboxylic acids is 1. The SMILES string of the molecule is Cc1nn(C)c(Cl)c1C=CC(=O)Nc1ncn[nH]1. The maximum absolute atomic E-state index is 11.6. The first-order chi connectivity index (χ1) is 8.58. The van der Waals surface area contributed by atoms with Crippen molar-refractivity contribution >= 4 is 29.5 Å². The molecule has 2 rings (SSSR count). The summed E-state index contributed by atoms with van der Waals surface area (Å²) >= 11 is 6.03. The van der Waals surface area contributed by atoms with Gasteiger partial charge in [-0.1, -0.05) is 11.6 Å². The van der Waals surface area contributed by atoms with E-state index in [1.165, 1.54) is 12.4 Å². The molecule has 0 spiro atoms. The highest BCUT2D eigenvalue weighted by Gasteiger charge is 2.08. The fraction of sp³-hybridized carbons (Fsp3) is 0.200. The Morgan fingerprint density at radius 1 is 1.61 bits per heavy atom. The second-order valence-corrected chi connectivity index (χ2v) is 3.93. The highest BCUT2D eigenvalue weighted by molar-refractivity contribution is 6.31. The van der Waals surface area contributed by atoms with Crippen molar-refractivity contribution in [1.29, 1.82) is 0 Å². The molecule has 8 heteroatoms. The van der Waals surface area contributed by atoms with Gasteiger partial charge in [0.05, 0.1) is 5.69 Å². The summed E-state index contributed by atoms with van der Waals surface area (Å²) in [5.74, 6) is -0.0373. The number of nitrogens with one attached hydrogen (secondary N) is 2. The molecule has 0 aliphatic carbocycles. The van der Waals surface area contributed by atoms with Crippen molar-refractivity contribution in [2.24, 2.45) is 7.05 Å². The Kier molecular flexibility index (Phi) is 3.42. The third kappa shape index (κ3) is 2.57. The molecule has 0 fully saturated rings. The van der Waals surface area contributed by atoms with Crippen LogP contribution in [0.5, 0.6) is 0 Å². The number of H-pyrrole nitrogens is 1. The van der Waals surface area contributed by atoms with Gasteiger partial charge in [-0.3, -0.25) is 14.8 Å². The van der Waals surface area contributed by atoms with Gasteiger partial charge in [0.1, 0.15) is 11.5 Å². The first-order valence-corrected chi connectivity index (χ1v) is 5.49. The number of aryl methyl sites for hydroxylation is 2. The molecule has 7 nitrogen and oxygen atoms in total. The second-order valence-electron chi connectivity index (χ2n) is 3.57. The maximum atomic E-state index is 11.6. The van der Waals surface area contributed by atoms with Crippen molar-refractivity contribution in [2.75, 3.05) is 5.32 Å². The molecule has 0 aromatic carbocycles. The number of rotatable bonds is 3. The van der Waals surface area contributed by atoms with E-state index in [2.05, 4.69) is 25.6 Å². The average molecular weight is 267 g/mol. The second kappa shape index (κ2) is 5.01. The van der Waals surface area contributed by atoms with Gasteiger partial charge in [-0.2, -0.15) is 15.2 Å². The number of amides is 1. The molecule has 2 heterocycles. The summed E-state index contributed by atoms with van der Waals surface area (Å²) in [4.78, 5) is 15.3. The number of aromatic amines is 1. The molecule has 18 heavy (non-hydrogen) atoms. The minimum absolute atomic E-state index is 0.290. The molecule has 0 aliphatic rings. The molecule has 0 saturated carbocycles. The number of halogens is 1. The molecule has 94 valence electrons. The molecular weight excluding hydrogens is 256 g/mol. The van der Waals surface area contributed by atoms with E-state index < -0.39 is 0 Å². The molecule has 2 aromatic heterocycles. The van der Waals surface area contributed by atoms with Crippen LogP contribution in [0.1, 0.15) is 11.3 Å². The molecule has 0 unspecified atom stereocenters. The molecule has 0 bridgehead atoms. The van der Waals surface area contributed by atoms with E-state index in [4.69, 9.17) is 11.6 Å². The molecule has 2 aromatic rings. The van der Waals surface area contributed by atoms with Gasteiger partial charge in [0.15, 0.2) is 0 Å². The van der Waals surface area contributed by atoms with Crippen LogP contribution in [-0.2, 0) is 11.8 Å². The number of anilines is 1. The third-order valence-electron chi connectivity index (χ3n) is 2.25. The van der Waals surface area contributed by atoms with Crippen molar-refractivity contribution in [3.63, 3.8) is 0 Å². The maximum Gasteiger partial charge on any atom is 0.250 e. The van der Waals surface area contributed by atoms with Crippen LogP contribution in [0.2, 0.25) is 5.15 Å². The normalized spacial score (nSPS) is 11.1. The van der Waals surface area contributed by atoms with Gasteiger partial charge in [-0.05, 0) is 13.0 Å². The predicted molar refractivity (Wildman–Crippen MR) is 67.0 cm³/mol. The first-order valence-electron chi connectivity index (χ1n) is 5.11. The fourth-order valence-electron chi connectivity index (χ4n) is 1.42. The molecule has 1 amide bonds. The fourth-order valence-corrected chi connectivity index (χ4v) is 1.66. The summed E-state index contributed by atoms with van der Waals surface area (Å²) in [6.07, 6.45) is 4.27. The summed E-state index contributed by atoms with van der Waals surface area (Å²) in [7, 11) is 1.74. The molecular formula is C10H11ClN6O. The smallest absolute Gasteiger partial charge is 0.250 e. The van der Waals surface area contributed by atoms with Crippen LogP contribution in [-0.4, -0.2) is 30.9 Å². The average Bonchev–Trinajstić information content (AvgIpc) is 2.88. The first kappa shape index (κ1) is 12.3. The number of carbonyl (C=O) groups is 1. The Bertz CT molecular complexity index is 586. The van der Waals surface area contributed by atoms with Crippen LogP contribution >= 0.6 is 11.6 Å². The lowest BCUT2D eigenvalue weighted by Gasteiger charge is -1.95. The zero-order chi connectivity index (χ0) is 13.1. The van der Waals surface area contributed by atoms with Gasteiger partial charge in [0, 0.05) is 18.7 Å². The van der Waals surface area contributed by atoms with Gasteiger partial charge in [0.2, 0.25) is 5.95 Å². The lowest BCUT2D eigenvalue weighted by atomic mass is 10.2. The van der Waals surface area contributed by atoms with Crippen LogP contribution in [0, 0.1) is 6.92 Å². The lowest BCUT2D eigenvalue weighted by molar-refractivity contribution is -0.111. The van der Waals surface area contributed by atoms with E-state index in [9.17, 15) is 4.79 Å². The van der Waals surface area contributed by atoms with Crippen LogP contribution in [0.25, 0.3) is 6.08 Å². The van der Waals surface area contributed by atoms with Crippen molar-refractivity contribution < 1.29 is 4.79 Å². The van der Waals surface area contributed by atoms with Crippen molar-refractivity contribution in [1.82, 2.24) is 25.0 Å². The van der Waals surface area contributed by atoms with Crippen LogP contribution < -0.4 is 5.32 Å². The molecule has 0 atom stereocenters. The quantitative estimate of drug-likeness (QED) is 0.816. The van der Waals surface area contributed by atoms with Crippen molar-refractivity contribution in [2.45, 2.75) is 6.92 Å². The van der Waals surface area contributed by atoms with Crippen molar-refractivity contribution in [3.05, 3.63) is 28.8 Å². The summed E-state index contributed by atoms with van der Waals surface area (Å²) in [5, 5.41) is 13.3. The van der Waals surface area contributed by atoms with Crippen LogP contribution in [0.4, 0.5) is 5.95 Å². The van der Waals surface area contributed by atoms with Gasteiger partial charge >= 0.3 is 0 Å². The Labute approximate surface area is 108 Å².